The van der Waals surface area contributed by atoms with Gasteiger partial charge in [0.1, 0.15) is 0 Å². The van der Waals surface area contributed by atoms with Gasteiger partial charge in [0.2, 0.25) is 0 Å². The molecule has 0 aromatic heterocycles. The molecule has 0 heterocycles. The number of hydrogen-bond acceptors (Lipinski definition) is 2. The van der Waals surface area contributed by atoms with Crippen molar-refractivity contribution in [3.63, 3.8) is 0 Å². The number of anilines is 2. The van der Waals surface area contributed by atoms with Gasteiger partial charge in [-0.15, -0.1) is 0 Å². The molecule has 0 saturated carbocycles. The molecule has 0 fully saturated rings. The van der Waals surface area contributed by atoms with E-state index in [-0.39, 0.29) is 5.78 Å². The minimum atomic E-state index is -0.0365. The quantitative estimate of drug-likeness (QED) is 0.513. The lowest BCUT2D eigenvalue weighted by Gasteiger charge is -2.13. The van der Waals surface area contributed by atoms with E-state index in [1.54, 1.807) is 6.07 Å². The van der Waals surface area contributed by atoms with Crippen LogP contribution in [-0.4, -0.2) is 10.9 Å². The molecule has 2 N–H and O–H groups in total. The van der Waals surface area contributed by atoms with Crippen LogP contribution in [0.4, 0.5) is 11.4 Å². The number of aryl methyl sites for hydroxylation is 1. The molecule has 0 radical (unpaired) electrons. The summed E-state index contributed by atoms with van der Waals surface area (Å²) in [5.41, 5.74) is 3.94. The molecule has 0 amide bonds. The molecule has 3 aromatic rings. The first-order chi connectivity index (χ1) is 12.1. The number of rotatable bonds is 4. The highest BCUT2D eigenvalue weighted by molar-refractivity contribution is 7.80. The van der Waals surface area contributed by atoms with Gasteiger partial charge in [0.15, 0.2) is 10.9 Å². The fourth-order valence-corrected chi connectivity index (χ4v) is 2.68. The number of nitrogens with one attached hydrogen (secondary N) is 2. The lowest BCUT2D eigenvalue weighted by atomic mass is 10.0. The van der Waals surface area contributed by atoms with E-state index >= 15 is 0 Å². The zero-order valence-electron chi connectivity index (χ0n) is 13.8. The standard InChI is InChI=1S/C21H18N2OS/c1-15-11-13-16(14-12-15)20(24)18-9-5-6-10-19(18)23-21(25)22-17-7-3-2-4-8-17/h2-14H,1H3,(H2,22,23,25). The molecule has 0 saturated heterocycles. The fourth-order valence-electron chi connectivity index (χ4n) is 2.46. The van der Waals surface area contributed by atoms with E-state index in [0.29, 0.717) is 21.9 Å². The highest BCUT2D eigenvalue weighted by Gasteiger charge is 2.14. The van der Waals surface area contributed by atoms with Crippen molar-refractivity contribution in [1.82, 2.24) is 0 Å². The van der Waals surface area contributed by atoms with E-state index in [2.05, 4.69) is 10.6 Å². The molecule has 0 spiro atoms. The average Bonchev–Trinajstić information content (AvgIpc) is 2.63. The number of hydrogen-bond donors (Lipinski definition) is 2. The van der Waals surface area contributed by atoms with Gasteiger partial charge in [-0.05, 0) is 43.4 Å². The summed E-state index contributed by atoms with van der Waals surface area (Å²) in [6.07, 6.45) is 0. The minimum absolute atomic E-state index is 0.0365. The van der Waals surface area contributed by atoms with Gasteiger partial charge >= 0.3 is 0 Å². The fraction of sp³-hybridized carbons (Fsp3) is 0.0476. The van der Waals surface area contributed by atoms with Crippen molar-refractivity contribution in [2.45, 2.75) is 6.92 Å². The third-order valence-electron chi connectivity index (χ3n) is 3.77. The molecule has 25 heavy (non-hydrogen) atoms. The Hall–Kier alpha value is -2.98. The van der Waals surface area contributed by atoms with Gasteiger partial charge in [0, 0.05) is 16.8 Å². The third kappa shape index (κ3) is 4.31. The molecule has 3 aromatic carbocycles. The predicted octanol–water partition coefficient (Wildman–Crippen LogP) is 5.03. The second kappa shape index (κ2) is 7.73. The van der Waals surface area contributed by atoms with Gasteiger partial charge in [-0.25, -0.2) is 0 Å². The molecule has 0 unspecified atom stereocenters. The molecule has 4 heteroatoms. The highest BCUT2D eigenvalue weighted by atomic mass is 32.1. The monoisotopic (exact) mass is 346 g/mol. The Morgan fingerprint density at radius 1 is 0.800 bits per heavy atom. The summed E-state index contributed by atoms with van der Waals surface area (Å²) in [5.74, 6) is -0.0365. The number of para-hydroxylation sites is 2. The maximum absolute atomic E-state index is 12.8. The topological polar surface area (TPSA) is 41.1 Å². The van der Waals surface area contributed by atoms with E-state index in [1.807, 2.05) is 79.7 Å². The van der Waals surface area contributed by atoms with Crippen LogP contribution in [0.2, 0.25) is 0 Å². The first-order valence-electron chi connectivity index (χ1n) is 7.97. The Morgan fingerprint density at radius 2 is 1.44 bits per heavy atom. The van der Waals surface area contributed by atoms with E-state index < -0.39 is 0 Å². The molecule has 0 aliphatic rings. The number of thiocarbonyl (C=S) groups is 1. The first kappa shape index (κ1) is 16.9. The zero-order valence-corrected chi connectivity index (χ0v) is 14.6. The van der Waals surface area contributed by atoms with Gasteiger partial charge in [-0.1, -0.05) is 60.2 Å². The largest absolute Gasteiger partial charge is 0.332 e. The molecule has 0 bridgehead atoms. The molecule has 0 atom stereocenters. The summed E-state index contributed by atoms with van der Waals surface area (Å²) in [5, 5.41) is 6.67. The molecule has 3 rings (SSSR count). The van der Waals surface area contributed by atoms with Gasteiger partial charge in [0.05, 0.1) is 5.69 Å². The van der Waals surface area contributed by atoms with Crippen molar-refractivity contribution < 1.29 is 4.79 Å². The predicted molar refractivity (Wildman–Crippen MR) is 107 cm³/mol. The molecular weight excluding hydrogens is 328 g/mol. The zero-order chi connectivity index (χ0) is 17.6. The maximum Gasteiger partial charge on any atom is 0.195 e. The second-order valence-corrected chi connectivity index (χ2v) is 6.09. The van der Waals surface area contributed by atoms with Crippen LogP contribution in [0.15, 0.2) is 78.9 Å². The van der Waals surface area contributed by atoms with E-state index in [0.717, 1.165) is 11.3 Å². The minimum Gasteiger partial charge on any atom is -0.332 e. The number of ketones is 1. The van der Waals surface area contributed by atoms with Crippen LogP contribution < -0.4 is 10.6 Å². The first-order valence-corrected chi connectivity index (χ1v) is 8.38. The summed E-state index contributed by atoms with van der Waals surface area (Å²) in [7, 11) is 0. The summed E-state index contributed by atoms with van der Waals surface area (Å²) < 4.78 is 0. The lowest BCUT2D eigenvalue weighted by Crippen LogP contribution is -2.20. The van der Waals surface area contributed by atoms with E-state index in [9.17, 15) is 4.79 Å². The maximum atomic E-state index is 12.8. The Balaban J connectivity index is 1.80. The van der Waals surface area contributed by atoms with Crippen molar-refractivity contribution >= 4 is 34.5 Å². The Kier molecular flexibility index (Phi) is 5.21. The smallest absolute Gasteiger partial charge is 0.195 e. The van der Waals surface area contributed by atoms with Crippen LogP contribution in [0.3, 0.4) is 0 Å². The van der Waals surface area contributed by atoms with E-state index in [1.165, 1.54) is 0 Å². The van der Waals surface area contributed by atoms with Crippen LogP contribution in [0, 0.1) is 6.92 Å². The Bertz CT molecular complexity index is 889. The van der Waals surface area contributed by atoms with Crippen molar-refractivity contribution in [2.75, 3.05) is 10.6 Å². The number of benzene rings is 3. The van der Waals surface area contributed by atoms with Crippen molar-refractivity contribution in [3.05, 3.63) is 95.6 Å². The van der Waals surface area contributed by atoms with Gasteiger partial charge < -0.3 is 10.6 Å². The van der Waals surface area contributed by atoms with Gasteiger partial charge in [-0.3, -0.25) is 4.79 Å². The third-order valence-corrected chi connectivity index (χ3v) is 3.97. The summed E-state index contributed by atoms with van der Waals surface area (Å²) in [6, 6.07) is 24.6. The lowest BCUT2D eigenvalue weighted by molar-refractivity contribution is 0.103. The Labute approximate surface area is 152 Å². The molecule has 124 valence electrons. The van der Waals surface area contributed by atoms with Crippen LogP contribution in [0.1, 0.15) is 21.5 Å². The van der Waals surface area contributed by atoms with Crippen LogP contribution in [-0.2, 0) is 0 Å². The van der Waals surface area contributed by atoms with Crippen molar-refractivity contribution in [1.29, 1.82) is 0 Å². The van der Waals surface area contributed by atoms with Gasteiger partial charge in [-0.2, -0.15) is 0 Å². The van der Waals surface area contributed by atoms with Gasteiger partial charge in [0.25, 0.3) is 0 Å². The van der Waals surface area contributed by atoms with Crippen LogP contribution in [0.5, 0.6) is 0 Å². The molecule has 0 aliphatic carbocycles. The summed E-state index contributed by atoms with van der Waals surface area (Å²) in [4.78, 5) is 12.8. The molecular formula is C21H18N2OS. The molecule has 0 aliphatic heterocycles. The summed E-state index contributed by atoms with van der Waals surface area (Å²) in [6.45, 7) is 2.00. The number of carbonyl (C=O) groups is 1. The highest BCUT2D eigenvalue weighted by Crippen LogP contribution is 2.20. The summed E-state index contributed by atoms with van der Waals surface area (Å²) >= 11 is 5.36. The number of carbonyl (C=O) groups excluding carboxylic acids is 1. The van der Waals surface area contributed by atoms with Crippen LogP contribution >= 0.6 is 12.2 Å². The van der Waals surface area contributed by atoms with Crippen molar-refractivity contribution in [2.24, 2.45) is 0 Å². The van der Waals surface area contributed by atoms with Crippen molar-refractivity contribution in [3.8, 4) is 0 Å². The average molecular weight is 346 g/mol. The molecule has 3 nitrogen and oxygen atoms in total. The Morgan fingerprint density at radius 3 is 2.16 bits per heavy atom. The SMILES string of the molecule is Cc1ccc(C(=O)c2ccccc2NC(=S)Nc2ccccc2)cc1. The second-order valence-electron chi connectivity index (χ2n) is 5.69. The normalized spacial score (nSPS) is 10.1. The van der Waals surface area contributed by atoms with E-state index in [4.69, 9.17) is 12.2 Å². The van der Waals surface area contributed by atoms with Crippen LogP contribution in [0.25, 0.3) is 0 Å².